The topological polar surface area (TPSA) is 79.4 Å². The van der Waals surface area contributed by atoms with Gasteiger partial charge in [0.25, 0.3) is 0 Å². The van der Waals surface area contributed by atoms with Crippen LogP contribution in [0.1, 0.15) is 12.0 Å². The van der Waals surface area contributed by atoms with Crippen molar-refractivity contribution in [1.29, 1.82) is 0 Å². The van der Waals surface area contributed by atoms with Gasteiger partial charge in [-0.1, -0.05) is 6.07 Å². The molecular weight excluding hydrogens is 278 g/mol. The summed E-state index contributed by atoms with van der Waals surface area (Å²) in [7, 11) is -1.32. The van der Waals surface area contributed by atoms with Crippen molar-refractivity contribution in [3.05, 3.63) is 30.1 Å². The largest absolute Gasteiger partial charge is 0.338 e. The minimum atomic E-state index is -2.97. The molecule has 110 valence electrons. The number of sulfone groups is 1. The molecule has 1 N–H and O–H groups in total. The molecule has 0 aliphatic carbocycles. The van der Waals surface area contributed by atoms with Gasteiger partial charge in [-0.05, 0) is 24.5 Å². The Morgan fingerprint density at radius 1 is 1.55 bits per heavy atom. The standard InChI is InChI=1S/C13H19N3O3S/c1-16(12-5-8-20(18,19)10-12)13(17)15-7-4-11-3-2-6-14-9-11/h2-3,6,9,12H,4-5,7-8,10H2,1H3,(H,15,17)/t12-/m0/s1. The summed E-state index contributed by atoms with van der Waals surface area (Å²) < 4.78 is 22.8. The average Bonchev–Trinajstić information content (AvgIpc) is 2.79. The molecule has 6 nitrogen and oxygen atoms in total. The number of aromatic nitrogens is 1. The van der Waals surface area contributed by atoms with Crippen LogP contribution < -0.4 is 5.32 Å². The Morgan fingerprint density at radius 2 is 2.35 bits per heavy atom. The molecule has 0 saturated carbocycles. The Morgan fingerprint density at radius 3 is 2.95 bits per heavy atom. The zero-order chi connectivity index (χ0) is 14.6. The molecule has 2 heterocycles. The molecule has 7 heteroatoms. The Kier molecular flexibility index (Phi) is 4.59. The Labute approximate surface area is 119 Å². The lowest BCUT2D eigenvalue weighted by Gasteiger charge is -2.23. The molecule has 1 aromatic heterocycles. The van der Waals surface area contributed by atoms with E-state index in [1.807, 2.05) is 12.1 Å². The zero-order valence-electron chi connectivity index (χ0n) is 11.4. The highest BCUT2D eigenvalue weighted by Crippen LogP contribution is 2.16. The van der Waals surface area contributed by atoms with Gasteiger partial charge in [0.2, 0.25) is 0 Å². The van der Waals surface area contributed by atoms with Crippen LogP contribution in [0.3, 0.4) is 0 Å². The number of nitrogens with zero attached hydrogens (tertiary/aromatic N) is 2. The van der Waals surface area contributed by atoms with E-state index < -0.39 is 9.84 Å². The van der Waals surface area contributed by atoms with E-state index in [0.29, 0.717) is 19.4 Å². The van der Waals surface area contributed by atoms with E-state index in [1.54, 1.807) is 19.4 Å². The zero-order valence-corrected chi connectivity index (χ0v) is 12.3. The normalized spacial score (nSPS) is 20.6. The highest BCUT2D eigenvalue weighted by atomic mass is 32.2. The first kappa shape index (κ1) is 14.8. The third kappa shape index (κ3) is 3.93. The lowest BCUT2D eigenvalue weighted by atomic mass is 10.2. The summed E-state index contributed by atoms with van der Waals surface area (Å²) in [6.07, 6.45) is 4.70. The van der Waals surface area contributed by atoms with Gasteiger partial charge in [-0.25, -0.2) is 13.2 Å². The second-order valence-corrected chi connectivity index (χ2v) is 7.24. The van der Waals surface area contributed by atoms with E-state index in [4.69, 9.17) is 0 Å². The van der Waals surface area contributed by atoms with Crippen molar-refractivity contribution in [3.8, 4) is 0 Å². The molecule has 0 unspecified atom stereocenters. The minimum absolute atomic E-state index is 0.0690. The molecule has 20 heavy (non-hydrogen) atoms. The van der Waals surface area contributed by atoms with Crippen LogP contribution in [0.5, 0.6) is 0 Å². The Balaban J connectivity index is 1.77. The summed E-state index contributed by atoms with van der Waals surface area (Å²) >= 11 is 0. The number of rotatable bonds is 4. The molecule has 0 aromatic carbocycles. The second kappa shape index (κ2) is 6.21. The van der Waals surface area contributed by atoms with E-state index in [-0.39, 0.29) is 23.6 Å². The summed E-state index contributed by atoms with van der Waals surface area (Å²) in [4.78, 5) is 17.4. The first-order valence-corrected chi connectivity index (χ1v) is 8.40. The number of pyridine rings is 1. The number of urea groups is 1. The molecule has 0 spiro atoms. The summed E-state index contributed by atoms with van der Waals surface area (Å²) in [6.45, 7) is 0.508. The van der Waals surface area contributed by atoms with Crippen molar-refractivity contribution >= 4 is 15.9 Å². The van der Waals surface area contributed by atoms with Gasteiger partial charge in [0.05, 0.1) is 11.5 Å². The van der Waals surface area contributed by atoms with Crippen LogP contribution in [0.2, 0.25) is 0 Å². The van der Waals surface area contributed by atoms with E-state index in [2.05, 4.69) is 10.3 Å². The van der Waals surface area contributed by atoms with E-state index in [9.17, 15) is 13.2 Å². The van der Waals surface area contributed by atoms with Crippen molar-refractivity contribution in [2.45, 2.75) is 18.9 Å². The van der Waals surface area contributed by atoms with Gasteiger partial charge < -0.3 is 10.2 Å². The molecule has 2 rings (SSSR count). The van der Waals surface area contributed by atoms with Gasteiger partial charge in [0.1, 0.15) is 0 Å². The minimum Gasteiger partial charge on any atom is -0.338 e. The number of hydrogen-bond acceptors (Lipinski definition) is 4. The molecule has 0 bridgehead atoms. The van der Waals surface area contributed by atoms with Gasteiger partial charge in [-0.3, -0.25) is 4.98 Å². The first-order valence-electron chi connectivity index (χ1n) is 6.58. The molecule has 1 aliphatic heterocycles. The lowest BCUT2D eigenvalue weighted by Crippen LogP contribution is -2.44. The third-order valence-electron chi connectivity index (χ3n) is 3.49. The van der Waals surface area contributed by atoms with Crippen LogP contribution >= 0.6 is 0 Å². The first-order chi connectivity index (χ1) is 9.48. The van der Waals surface area contributed by atoms with Crippen molar-refractivity contribution in [2.24, 2.45) is 0 Å². The van der Waals surface area contributed by atoms with Crippen LogP contribution in [0, 0.1) is 0 Å². The molecular formula is C13H19N3O3S. The summed E-state index contributed by atoms with van der Waals surface area (Å²) in [6, 6.07) is 3.37. The predicted octanol–water partition coefficient (Wildman–Crippen LogP) is 0.453. The Bertz CT molecular complexity index is 559. The maximum absolute atomic E-state index is 11.9. The van der Waals surface area contributed by atoms with Crippen molar-refractivity contribution in [3.63, 3.8) is 0 Å². The highest BCUT2D eigenvalue weighted by molar-refractivity contribution is 7.91. The number of carbonyl (C=O) groups is 1. The fraction of sp³-hybridized carbons (Fsp3) is 0.538. The monoisotopic (exact) mass is 297 g/mol. The molecule has 1 aromatic rings. The quantitative estimate of drug-likeness (QED) is 0.875. The molecule has 0 radical (unpaired) electrons. The molecule has 1 aliphatic rings. The Hall–Kier alpha value is -1.63. The van der Waals surface area contributed by atoms with Crippen LogP contribution in [-0.2, 0) is 16.3 Å². The summed E-state index contributed by atoms with van der Waals surface area (Å²) in [5.74, 6) is 0.241. The van der Waals surface area contributed by atoms with E-state index in [1.165, 1.54) is 4.90 Å². The van der Waals surface area contributed by atoms with Crippen LogP contribution in [0.15, 0.2) is 24.5 Å². The van der Waals surface area contributed by atoms with Gasteiger partial charge in [-0.15, -0.1) is 0 Å². The van der Waals surface area contributed by atoms with Crippen LogP contribution in [0.4, 0.5) is 4.79 Å². The van der Waals surface area contributed by atoms with Crippen molar-refractivity contribution < 1.29 is 13.2 Å². The average molecular weight is 297 g/mol. The van der Waals surface area contributed by atoms with E-state index >= 15 is 0 Å². The van der Waals surface area contributed by atoms with Gasteiger partial charge in [0, 0.05) is 32.0 Å². The summed E-state index contributed by atoms with van der Waals surface area (Å²) in [5, 5.41) is 2.80. The van der Waals surface area contributed by atoms with Crippen molar-refractivity contribution in [2.75, 3.05) is 25.1 Å². The smallest absolute Gasteiger partial charge is 0.317 e. The van der Waals surface area contributed by atoms with Gasteiger partial charge in [0.15, 0.2) is 9.84 Å². The fourth-order valence-corrected chi connectivity index (χ4v) is 4.01. The molecule has 1 fully saturated rings. The van der Waals surface area contributed by atoms with Gasteiger partial charge >= 0.3 is 6.03 Å². The third-order valence-corrected chi connectivity index (χ3v) is 5.24. The number of carbonyl (C=O) groups excluding carboxylic acids is 1. The maximum atomic E-state index is 11.9. The van der Waals surface area contributed by atoms with Crippen molar-refractivity contribution in [1.82, 2.24) is 15.2 Å². The maximum Gasteiger partial charge on any atom is 0.317 e. The number of nitrogens with one attached hydrogen (secondary N) is 1. The highest BCUT2D eigenvalue weighted by Gasteiger charge is 2.32. The SMILES string of the molecule is CN(C(=O)NCCc1cccnc1)[C@H]1CCS(=O)(=O)C1. The number of hydrogen-bond donors (Lipinski definition) is 1. The fourth-order valence-electron chi connectivity index (χ4n) is 2.23. The molecule has 1 atom stereocenters. The summed E-state index contributed by atoms with van der Waals surface area (Å²) in [5.41, 5.74) is 1.05. The van der Waals surface area contributed by atoms with E-state index in [0.717, 1.165) is 5.56 Å². The molecule has 2 amide bonds. The molecule has 1 saturated heterocycles. The predicted molar refractivity (Wildman–Crippen MR) is 76.2 cm³/mol. The number of amides is 2. The van der Waals surface area contributed by atoms with Crippen LogP contribution in [-0.4, -0.2) is 55.5 Å². The second-order valence-electron chi connectivity index (χ2n) is 5.01. The lowest BCUT2D eigenvalue weighted by molar-refractivity contribution is 0.195. The van der Waals surface area contributed by atoms with Crippen LogP contribution in [0.25, 0.3) is 0 Å². The van der Waals surface area contributed by atoms with Gasteiger partial charge in [-0.2, -0.15) is 0 Å².